The highest BCUT2D eigenvalue weighted by Gasteiger charge is 2.31. The molecule has 22 heavy (non-hydrogen) atoms. The van der Waals surface area contributed by atoms with Crippen LogP contribution in [0, 0.1) is 11.6 Å². The predicted octanol–water partition coefficient (Wildman–Crippen LogP) is 3.03. The molecule has 0 aromatic heterocycles. The minimum Gasteiger partial charge on any atom is -0.481 e. The Labute approximate surface area is 134 Å². The summed E-state index contributed by atoms with van der Waals surface area (Å²) in [6.07, 6.45) is 1.44. The quantitative estimate of drug-likeness (QED) is 0.658. The number of hydrogen-bond acceptors (Lipinski definition) is 4. The minimum atomic E-state index is -0.956. The molecule has 0 saturated carbocycles. The van der Waals surface area contributed by atoms with E-state index in [0.29, 0.717) is 0 Å². The van der Waals surface area contributed by atoms with Crippen LogP contribution in [0.25, 0.3) is 6.08 Å². The minimum absolute atomic E-state index is 0.0361. The number of carboxylic acids is 1. The van der Waals surface area contributed by atoms with Crippen LogP contribution >= 0.6 is 24.0 Å². The highest BCUT2D eigenvalue weighted by molar-refractivity contribution is 8.26. The van der Waals surface area contributed by atoms with Crippen molar-refractivity contribution in [3.63, 3.8) is 0 Å². The average Bonchev–Trinajstić information content (AvgIpc) is 2.70. The molecule has 0 atom stereocenters. The number of amides is 1. The molecule has 1 aliphatic heterocycles. The molecule has 0 unspecified atom stereocenters. The second kappa shape index (κ2) is 6.97. The van der Waals surface area contributed by atoms with Crippen LogP contribution in [0.2, 0.25) is 0 Å². The molecule has 1 aromatic rings. The number of halogens is 2. The third-order valence-corrected chi connectivity index (χ3v) is 4.27. The predicted molar refractivity (Wildman–Crippen MR) is 83.1 cm³/mol. The van der Waals surface area contributed by atoms with Crippen molar-refractivity contribution < 1.29 is 23.5 Å². The van der Waals surface area contributed by atoms with Gasteiger partial charge in [-0.1, -0.05) is 24.0 Å². The summed E-state index contributed by atoms with van der Waals surface area (Å²) in [5, 5.41) is 8.59. The van der Waals surface area contributed by atoms with Gasteiger partial charge in [0.1, 0.15) is 16.0 Å². The normalized spacial score (nSPS) is 16.6. The molecule has 1 aliphatic rings. The maximum absolute atomic E-state index is 13.6. The third-order valence-electron chi connectivity index (χ3n) is 2.89. The van der Waals surface area contributed by atoms with Gasteiger partial charge in [0, 0.05) is 18.5 Å². The zero-order chi connectivity index (χ0) is 16.3. The lowest BCUT2D eigenvalue weighted by molar-refractivity contribution is -0.137. The van der Waals surface area contributed by atoms with Gasteiger partial charge in [0.2, 0.25) is 0 Å². The average molecular weight is 343 g/mol. The van der Waals surface area contributed by atoms with Crippen molar-refractivity contribution in [3.8, 4) is 0 Å². The monoisotopic (exact) mass is 343 g/mol. The molecule has 4 nitrogen and oxygen atoms in total. The summed E-state index contributed by atoms with van der Waals surface area (Å²) in [6.45, 7) is 0.180. The number of carbonyl (C=O) groups is 2. The number of nitrogens with zero attached hydrogens (tertiary/aromatic N) is 1. The number of rotatable bonds is 5. The van der Waals surface area contributed by atoms with Gasteiger partial charge in [-0.2, -0.15) is 0 Å². The molecule has 0 spiro atoms. The van der Waals surface area contributed by atoms with E-state index in [1.54, 1.807) is 0 Å². The van der Waals surface area contributed by atoms with Crippen molar-refractivity contribution in [1.29, 1.82) is 0 Å². The van der Waals surface area contributed by atoms with Gasteiger partial charge in [-0.15, -0.1) is 0 Å². The van der Waals surface area contributed by atoms with E-state index in [4.69, 9.17) is 17.3 Å². The molecule has 0 radical (unpaired) electrons. The number of carbonyl (C=O) groups excluding carboxylic acids is 1. The fourth-order valence-corrected chi connectivity index (χ4v) is 3.15. The van der Waals surface area contributed by atoms with E-state index in [2.05, 4.69) is 0 Å². The first-order chi connectivity index (χ1) is 10.4. The van der Waals surface area contributed by atoms with Crippen LogP contribution < -0.4 is 0 Å². The fraction of sp³-hybridized carbons (Fsp3) is 0.214. The second-order valence-corrected chi connectivity index (χ2v) is 6.17. The van der Waals surface area contributed by atoms with Crippen LogP contribution in [0.15, 0.2) is 23.1 Å². The van der Waals surface area contributed by atoms with E-state index < -0.39 is 23.5 Å². The number of thiocarbonyl (C=S) groups is 1. The second-order valence-electron chi connectivity index (χ2n) is 4.50. The Balaban J connectivity index is 2.15. The van der Waals surface area contributed by atoms with Crippen LogP contribution in [0.1, 0.15) is 18.4 Å². The Bertz CT molecular complexity index is 676. The molecule has 1 aromatic carbocycles. The standard InChI is InChI=1S/C14H11F2NO3S2/c15-9-3-4-10(16)8(6-9)7-11-13(20)17(14(21)22-11)5-1-2-12(18)19/h3-4,6-7H,1-2,5H2,(H,18,19). The van der Waals surface area contributed by atoms with E-state index in [9.17, 15) is 18.4 Å². The van der Waals surface area contributed by atoms with Crippen molar-refractivity contribution >= 4 is 46.3 Å². The molecule has 0 bridgehead atoms. The molecular weight excluding hydrogens is 332 g/mol. The lowest BCUT2D eigenvalue weighted by Crippen LogP contribution is -2.29. The zero-order valence-electron chi connectivity index (χ0n) is 11.2. The highest BCUT2D eigenvalue weighted by atomic mass is 32.2. The summed E-state index contributed by atoms with van der Waals surface area (Å²) in [6, 6.07) is 2.96. The van der Waals surface area contributed by atoms with E-state index >= 15 is 0 Å². The SMILES string of the molecule is O=C(O)CCCN1C(=O)C(=Cc2cc(F)ccc2F)SC1=S. The zero-order valence-corrected chi connectivity index (χ0v) is 12.8. The Hall–Kier alpha value is -1.80. The van der Waals surface area contributed by atoms with Crippen LogP contribution in [0.3, 0.4) is 0 Å². The molecule has 1 heterocycles. The number of aliphatic carboxylic acids is 1. The number of carboxylic acid groups (broad SMARTS) is 1. The molecular formula is C14H11F2NO3S2. The summed E-state index contributed by atoms with van der Waals surface area (Å²) < 4.78 is 27.0. The lowest BCUT2D eigenvalue weighted by atomic mass is 10.2. The smallest absolute Gasteiger partial charge is 0.303 e. The molecule has 1 amide bonds. The molecule has 0 aliphatic carbocycles. The Morgan fingerprint density at radius 3 is 2.82 bits per heavy atom. The summed E-state index contributed by atoms with van der Waals surface area (Å²) in [5.74, 6) is -2.63. The summed E-state index contributed by atoms with van der Waals surface area (Å²) in [7, 11) is 0. The van der Waals surface area contributed by atoms with E-state index in [-0.39, 0.29) is 34.2 Å². The van der Waals surface area contributed by atoms with Crippen molar-refractivity contribution in [2.75, 3.05) is 6.54 Å². The first kappa shape index (κ1) is 16.6. The first-order valence-electron chi connectivity index (χ1n) is 6.30. The Morgan fingerprint density at radius 1 is 1.41 bits per heavy atom. The van der Waals surface area contributed by atoms with Gasteiger partial charge in [0.15, 0.2) is 0 Å². The summed E-state index contributed by atoms with van der Waals surface area (Å²) >= 11 is 6.04. The first-order valence-corrected chi connectivity index (χ1v) is 7.53. The van der Waals surface area contributed by atoms with Crippen LogP contribution in [-0.4, -0.2) is 32.7 Å². The third kappa shape index (κ3) is 3.89. The number of thioether (sulfide) groups is 1. The molecule has 2 rings (SSSR count). The van der Waals surface area contributed by atoms with Crippen molar-refractivity contribution in [1.82, 2.24) is 4.90 Å². The van der Waals surface area contributed by atoms with Crippen LogP contribution in [-0.2, 0) is 9.59 Å². The van der Waals surface area contributed by atoms with Crippen LogP contribution in [0.5, 0.6) is 0 Å². The van der Waals surface area contributed by atoms with Crippen molar-refractivity contribution in [2.24, 2.45) is 0 Å². The lowest BCUT2D eigenvalue weighted by Gasteiger charge is -2.13. The van der Waals surface area contributed by atoms with Gasteiger partial charge < -0.3 is 5.11 Å². The van der Waals surface area contributed by atoms with Gasteiger partial charge in [0.05, 0.1) is 4.91 Å². The maximum Gasteiger partial charge on any atom is 0.303 e. The fourth-order valence-electron chi connectivity index (χ4n) is 1.85. The maximum atomic E-state index is 13.6. The molecule has 8 heteroatoms. The van der Waals surface area contributed by atoms with E-state index in [1.807, 2.05) is 0 Å². The van der Waals surface area contributed by atoms with Gasteiger partial charge in [0.25, 0.3) is 5.91 Å². The summed E-state index contributed by atoms with van der Waals surface area (Å²) in [4.78, 5) is 24.1. The number of benzene rings is 1. The molecule has 1 saturated heterocycles. The largest absolute Gasteiger partial charge is 0.481 e. The molecule has 116 valence electrons. The van der Waals surface area contributed by atoms with Gasteiger partial charge >= 0.3 is 5.97 Å². The molecule has 1 N–H and O–H groups in total. The van der Waals surface area contributed by atoms with Gasteiger partial charge in [-0.3, -0.25) is 14.5 Å². The molecule has 1 fully saturated rings. The Morgan fingerprint density at radius 2 is 2.14 bits per heavy atom. The van der Waals surface area contributed by atoms with E-state index in [1.165, 1.54) is 11.0 Å². The summed E-state index contributed by atoms with van der Waals surface area (Å²) in [5.41, 5.74) is -0.0361. The number of hydrogen-bond donors (Lipinski definition) is 1. The highest BCUT2D eigenvalue weighted by Crippen LogP contribution is 2.33. The van der Waals surface area contributed by atoms with Gasteiger partial charge in [-0.05, 0) is 30.7 Å². The van der Waals surface area contributed by atoms with Crippen LogP contribution in [0.4, 0.5) is 8.78 Å². The van der Waals surface area contributed by atoms with Crippen molar-refractivity contribution in [2.45, 2.75) is 12.8 Å². The Kier molecular flexibility index (Phi) is 5.25. The van der Waals surface area contributed by atoms with Crippen molar-refractivity contribution in [3.05, 3.63) is 40.3 Å². The van der Waals surface area contributed by atoms with Gasteiger partial charge in [-0.25, -0.2) is 8.78 Å². The van der Waals surface area contributed by atoms with E-state index in [0.717, 1.165) is 30.0 Å². The topological polar surface area (TPSA) is 57.6 Å².